The van der Waals surface area contributed by atoms with Crippen LogP contribution in [0.1, 0.15) is 10.4 Å². The van der Waals surface area contributed by atoms with Gasteiger partial charge in [0.2, 0.25) is 0 Å². The van der Waals surface area contributed by atoms with Gasteiger partial charge in [0.1, 0.15) is 19.0 Å². The number of nitrogens with zero attached hydrogens (tertiary/aromatic N) is 1. The molecule has 0 saturated carbocycles. The Kier molecular flexibility index (Phi) is 5.48. The van der Waals surface area contributed by atoms with Gasteiger partial charge in [-0.3, -0.25) is 10.1 Å². The van der Waals surface area contributed by atoms with Crippen molar-refractivity contribution in [3.05, 3.63) is 68.7 Å². The van der Waals surface area contributed by atoms with Crippen molar-refractivity contribution in [2.45, 2.75) is 0 Å². The fraction of sp³-hybridized carbons (Fsp3) is 0.133. The summed E-state index contributed by atoms with van der Waals surface area (Å²) in [5.41, 5.74) is -0.0171. The van der Waals surface area contributed by atoms with Crippen LogP contribution in [0.3, 0.4) is 0 Å². The number of hydrogen-bond donors (Lipinski definition) is 0. The van der Waals surface area contributed by atoms with Gasteiger partial charge in [-0.05, 0) is 24.3 Å². The molecule has 0 atom stereocenters. The van der Waals surface area contributed by atoms with Gasteiger partial charge in [-0.15, -0.1) is 0 Å². The average molecular weight is 366 g/mol. The van der Waals surface area contributed by atoms with E-state index >= 15 is 0 Å². The summed E-state index contributed by atoms with van der Waals surface area (Å²) in [4.78, 5) is 21.9. The van der Waals surface area contributed by atoms with Gasteiger partial charge in [0.25, 0.3) is 5.69 Å². The number of carbonyl (C=O) groups is 1. The Labute approximate surface area is 134 Å². The lowest BCUT2D eigenvalue weighted by Gasteiger charge is -2.07. The lowest BCUT2D eigenvalue weighted by atomic mass is 10.2. The second-order valence-corrected chi connectivity index (χ2v) is 5.16. The molecule has 6 nitrogen and oxygen atoms in total. The van der Waals surface area contributed by atoms with Crippen molar-refractivity contribution in [3.8, 4) is 5.75 Å². The van der Waals surface area contributed by atoms with Crippen LogP contribution < -0.4 is 4.74 Å². The molecule has 0 saturated heterocycles. The van der Waals surface area contributed by atoms with Crippen molar-refractivity contribution >= 4 is 27.6 Å². The standard InChI is InChI=1S/C15H12BrNO5/c16-12-4-2-6-14(10-12)21-7-8-22-15(18)11-3-1-5-13(9-11)17(19)20/h1-6,9-10H,7-8H2. The van der Waals surface area contributed by atoms with Gasteiger partial charge in [-0.1, -0.05) is 28.1 Å². The van der Waals surface area contributed by atoms with E-state index in [-0.39, 0.29) is 24.5 Å². The van der Waals surface area contributed by atoms with E-state index in [1.54, 1.807) is 12.1 Å². The topological polar surface area (TPSA) is 78.7 Å². The second-order valence-electron chi connectivity index (χ2n) is 4.25. The van der Waals surface area contributed by atoms with Crippen LogP contribution in [-0.4, -0.2) is 24.1 Å². The quantitative estimate of drug-likeness (QED) is 0.338. The van der Waals surface area contributed by atoms with Crippen LogP contribution in [0.15, 0.2) is 53.0 Å². The molecule has 0 amide bonds. The van der Waals surface area contributed by atoms with Crippen LogP contribution in [0, 0.1) is 10.1 Å². The lowest BCUT2D eigenvalue weighted by Crippen LogP contribution is -2.12. The molecule has 22 heavy (non-hydrogen) atoms. The number of carbonyl (C=O) groups excluding carboxylic acids is 1. The number of ether oxygens (including phenoxy) is 2. The highest BCUT2D eigenvalue weighted by molar-refractivity contribution is 9.10. The maximum atomic E-state index is 11.8. The number of nitro benzene ring substituents is 1. The number of nitro groups is 1. The van der Waals surface area contributed by atoms with Crippen molar-refractivity contribution in [2.75, 3.05) is 13.2 Å². The molecule has 0 aromatic heterocycles. The predicted octanol–water partition coefficient (Wildman–Crippen LogP) is 3.59. The molecule has 0 aliphatic rings. The van der Waals surface area contributed by atoms with Crippen molar-refractivity contribution in [1.82, 2.24) is 0 Å². The summed E-state index contributed by atoms with van der Waals surface area (Å²) in [7, 11) is 0. The first-order valence-electron chi connectivity index (χ1n) is 6.36. The third kappa shape index (κ3) is 4.56. The average Bonchev–Trinajstić information content (AvgIpc) is 2.51. The van der Waals surface area contributed by atoms with Gasteiger partial charge in [0.05, 0.1) is 10.5 Å². The highest BCUT2D eigenvalue weighted by Gasteiger charge is 2.12. The number of hydrogen-bond acceptors (Lipinski definition) is 5. The Balaban J connectivity index is 1.83. The van der Waals surface area contributed by atoms with E-state index in [4.69, 9.17) is 9.47 Å². The Morgan fingerprint density at radius 2 is 1.91 bits per heavy atom. The van der Waals surface area contributed by atoms with E-state index in [1.165, 1.54) is 24.3 Å². The number of rotatable bonds is 6. The van der Waals surface area contributed by atoms with Crippen molar-refractivity contribution < 1.29 is 19.2 Å². The number of non-ortho nitro benzene ring substituents is 1. The molecule has 0 spiro atoms. The van der Waals surface area contributed by atoms with E-state index in [1.807, 2.05) is 12.1 Å². The number of halogens is 1. The SMILES string of the molecule is O=C(OCCOc1cccc(Br)c1)c1cccc([N+](=O)[O-])c1. The molecule has 0 aliphatic carbocycles. The summed E-state index contributed by atoms with van der Waals surface area (Å²) in [5.74, 6) is 0.0299. The Hall–Kier alpha value is -2.41. The molecule has 2 rings (SSSR count). The van der Waals surface area contributed by atoms with Gasteiger partial charge in [0.15, 0.2) is 0 Å². The molecule has 2 aromatic rings. The summed E-state index contributed by atoms with van der Waals surface area (Å²) >= 11 is 3.32. The highest BCUT2D eigenvalue weighted by atomic mass is 79.9. The molecular weight excluding hydrogens is 354 g/mol. The van der Waals surface area contributed by atoms with E-state index < -0.39 is 10.9 Å². The van der Waals surface area contributed by atoms with Gasteiger partial charge in [0, 0.05) is 16.6 Å². The summed E-state index contributed by atoms with van der Waals surface area (Å²) in [6.07, 6.45) is 0. The molecule has 2 aromatic carbocycles. The molecule has 0 fully saturated rings. The third-order valence-corrected chi connectivity index (χ3v) is 3.17. The number of benzene rings is 2. The Morgan fingerprint density at radius 1 is 1.14 bits per heavy atom. The fourth-order valence-electron chi connectivity index (χ4n) is 1.68. The summed E-state index contributed by atoms with van der Waals surface area (Å²) in [5, 5.41) is 10.7. The zero-order valence-electron chi connectivity index (χ0n) is 11.4. The van der Waals surface area contributed by atoms with Crippen LogP contribution in [0.5, 0.6) is 5.75 Å². The number of esters is 1. The Bertz CT molecular complexity index is 689. The maximum absolute atomic E-state index is 11.8. The second kappa shape index (κ2) is 7.56. The lowest BCUT2D eigenvalue weighted by molar-refractivity contribution is -0.384. The molecule has 0 bridgehead atoms. The van der Waals surface area contributed by atoms with Crippen LogP contribution in [0.25, 0.3) is 0 Å². The minimum Gasteiger partial charge on any atom is -0.490 e. The van der Waals surface area contributed by atoms with Crippen molar-refractivity contribution in [2.24, 2.45) is 0 Å². The highest BCUT2D eigenvalue weighted by Crippen LogP contribution is 2.17. The Morgan fingerprint density at radius 3 is 2.64 bits per heavy atom. The molecular formula is C15H12BrNO5. The molecule has 0 radical (unpaired) electrons. The van der Waals surface area contributed by atoms with Crippen LogP contribution >= 0.6 is 15.9 Å². The summed E-state index contributed by atoms with van der Waals surface area (Å²) in [6, 6.07) is 12.7. The summed E-state index contributed by atoms with van der Waals surface area (Å²) < 4.78 is 11.3. The monoisotopic (exact) mass is 365 g/mol. The van der Waals surface area contributed by atoms with E-state index in [9.17, 15) is 14.9 Å². The minimum atomic E-state index is -0.624. The largest absolute Gasteiger partial charge is 0.490 e. The van der Waals surface area contributed by atoms with Crippen LogP contribution in [0.2, 0.25) is 0 Å². The first kappa shape index (κ1) is 16.0. The zero-order chi connectivity index (χ0) is 15.9. The minimum absolute atomic E-state index is 0.0496. The van der Waals surface area contributed by atoms with Gasteiger partial charge in [-0.2, -0.15) is 0 Å². The maximum Gasteiger partial charge on any atom is 0.338 e. The van der Waals surface area contributed by atoms with Crippen molar-refractivity contribution in [1.29, 1.82) is 0 Å². The predicted molar refractivity (Wildman–Crippen MR) is 83.0 cm³/mol. The van der Waals surface area contributed by atoms with Crippen molar-refractivity contribution in [3.63, 3.8) is 0 Å². The molecule has 114 valence electrons. The zero-order valence-corrected chi connectivity index (χ0v) is 13.0. The third-order valence-electron chi connectivity index (χ3n) is 2.67. The smallest absolute Gasteiger partial charge is 0.338 e. The summed E-state index contributed by atoms with van der Waals surface area (Å²) in [6.45, 7) is 0.241. The van der Waals surface area contributed by atoms with Gasteiger partial charge >= 0.3 is 5.97 Å². The molecule has 0 heterocycles. The van der Waals surface area contributed by atoms with E-state index in [2.05, 4.69) is 15.9 Å². The van der Waals surface area contributed by atoms with Gasteiger partial charge < -0.3 is 9.47 Å². The van der Waals surface area contributed by atoms with Gasteiger partial charge in [-0.25, -0.2) is 4.79 Å². The van der Waals surface area contributed by atoms with E-state index in [0.717, 1.165) is 4.47 Å². The molecule has 0 unspecified atom stereocenters. The van der Waals surface area contributed by atoms with Crippen LogP contribution in [0.4, 0.5) is 5.69 Å². The first-order chi connectivity index (χ1) is 10.6. The first-order valence-corrected chi connectivity index (χ1v) is 7.15. The molecule has 0 N–H and O–H groups in total. The fourth-order valence-corrected chi connectivity index (χ4v) is 2.06. The van der Waals surface area contributed by atoms with Crippen LogP contribution in [-0.2, 0) is 4.74 Å². The molecule has 7 heteroatoms. The normalized spacial score (nSPS) is 10.0. The van der Waals surface area contributed by atoms with E-state index in [0.29, 0.717) is 5.75 Å². The molecule has 0 aliphatic heterocycles.